The van der Waals surface area contributed by atoms with Crippen LogP contribution in [0.5, 0.6) is 0 Å². The second-order valence-corrected chi connectivity index (χ2v) is 8.16. The number of carboxylic acids is 2. The number of anilines is 1. The van der Waals surface area contributed by atoms with Gasteiger partial charge in [0.2, 0.25) is 5.95 Å². The first kappa shape index (κ1) is 29.8. The third-order valence-corrected chi connectivity index (χ3v) is 5.20. The molecule has 0 amide bonds. The highest BCUT2D eigenvalue weighted by Crippen LogP contribution is 2.36. The van der Waals surface area contributed by atoms with Gasteiger partial charge in [0, 0.05) is 37.5 Å². The summed E-state index contributed by atoms with van der Waals surface area (Å²) in [5.74, 6) is -4.83. The second-order valence-electron chi connectivity index (χ2n) is 8.16. The molecule has 0 aliphatic carbocycles. The van der Waals surface area contributed by atoms with Crippen molar-refractivity contribution in [2.45, 2.75) is 49.8 Å². The van der Waals surface area contributed by atoms with Crippen molar-refractivity contribution in [3.63, 3.8) is 0 Å². The van der Waals surface area contributed by atoms with Crippen molar-refractivity contribution in [1.82, 2.24) is 14.9 Å². The van der Waals surface area contributed by atoms with E-state index in [1.807, 2.05) is 18.4 Å². The molecule has 10 nitrogen and oxygen atoms in total. The van der Waals surface area contributed by atoms with Gasteiger partial charge in [-0.1, -0.05) is 0 Å². The van der Waals surface area contributed by atoms with Crippen molar-refractivity contribution in [3.05, 3.63) is 42.6 Å². The largest absolute Gasteiger partial charge is 0.490 e. The van der Waals surface area contributed by atoms with Gasteiger partial charge in [-0.2, -0.15) is 26.3 Å². The predicted octanol–water partition coefficient (Wildman–Crippen LogP) is 3.57. The zero-order chi connectivity index (χ0) is 27.7. The highest BCUT2D eigenvalue weighted by molar-refractivity contribution is 5.73. The highest BCUT2D eigenvalue weighted by Gasteiger charge is 2.43. The van der Waals surface area contributed by atoms with E-state index >= 15 is 0 Å². The van der Waals surface area contributed by atoms with Crippen LogP contribution in [0.15, 0.2) is 41.5 Å². The van der Waals surface area contributed by atoms with E-state index < -0.39 is 24.3 Å². The first-order chi connectivity index (χ1) is 17.2. The SMILES string of the molecule is O=C(O)C(F)(F)F.O=C(O)C(F)(F)F.c1cnc(NC2COC3(CCCN(Cc4ccoc4)C3)C2)nc1. The zero-order valence-electron chi connectivity index (χ0n) is 19.1. The Morgan fingerprint density at radius 2 is 1.70 bits per heavy atom. The number of aliphatic carboxylic acids is 2. The lowest BCUT2D eigenvalue weighted by Gasteiger charge is -2.39. The molecule has 1 spiro atoms. The van der Waals surface area contributed by atoms with E-state index in [0.29, 0.717) is 5.95 Å². The lowest BCUT2D eigenvalue weighted by Crippen LogP contribution is -2.47. The average molecular weight is 542 g/mol. The Hall–Kier alpha value is -3.40. The number of ether oxygens (including phenoxy) is 1. The summed E-state index contributed by atoms with van der Waals surface area (Å²) in [5.41, 5.74) is 1.20. The maximum absolute atomic E-state index is 10.6. The molecular weight excluding hydrogens is 518 g/mol. The van der Waals surface area contributed by atoms with Crippen LogP contribution in [-0.2, 0) is 20.9 Å². The van der Waals surface area contributed by atoms with Crippen LogP contribution < -0.4 is 5.32 Å². The number of alkyl halides is 6. The van der Waals surface area contributed by atoms with Crippen molar-refractivity contribution >= 4 is 17.9 Å². The topological polar surface area (TPSA) is 138 Å². The number of likely N-dealkylation sites (tertiary alicyclic amines) is 1. The Labute approximate surface area is 206 Å². The number of furan rings is 1. The predicted molar refractivity (Wildman–Crippen MR) is 113 cm³/mol. The Morgan fingerprint density at radius 3 is 2.22 bits per heavy atom. The molecule has 2 aliphatic heterocycles. The van der Waals surface area contributed by atoms with Gasteiger partial charge in [0.15, 0.2) is 0 Å². The molecule has 3 N–H and O–H groups in total. The molecule has 2 saturated heterocycles. The molecule has 37 heavy (non-hydrogen) atoms. The molecule has 2 atom stereocenters. The number of carboxylic acid groups (broad SMARTS) is 2. The minimum absolute atomic E-state index is 0.0333. The molecule has 4 heterocycles. The number of carbonyl (C=O) groups is 2. The molecule has 0 saturated carbocycles. The number of halogens is 6. The summed E-state index contributed by atoms with van der Waals surface area (Å²) in [6.45, 7) is 3.75. The lowest BCUT2D eigenvalue weighted by atomic mass is 9.88. The Balaban J connectivity index is 0.000000286. The number of piperidine rings is 1. The molecule has 206 valence electrons. The molecule has 0 bridgehead atoms. The Bertz CT molecular complexity index is 966. The quantitative estimate of drug-likeness (QED) is 0.492. The number of aromatic nitrogens is 2. The Morgan fingerprint density at radius 1 is 1.11 bits per heavy atom. The summed E-state index contributed by atoms with van der Waals surface area (Å²) >= 11 is 0. The highest BCUT2D eigenvalue weighted by atomic mass is 19.4. The normalized spacial score (nSPS) is 21.8. The van der Waals surface area contributed by atoms with Crippen molar-refractivity contribution in [2.75, 3.05) is 25.0 Å². The third kappa shape index (κ3) is 10.2. The summed E-state index contributed by atoms with van der Waals surface area (Å²) in [6, 6.07) is 4.15. The smallest absolute Gasteiger partial charge is 0.475 e. The first-order valence-corrected chi connectivity index (χ1v) is 10.7. The van der Waals surface area contributed by atoms with Crippen LogP contribution in [0, 0.1) is 0 Å². The van der Waals surface area contributed by atoms with E-state index in [0.717, 1.165) is 39.1 Å². The van der Waals surface area contributed by atoms with Crippen LogP contribution in [0.2, 0.25) is 0 Å². The fourth-order valence-corrected chi connectivity index (χ4v) is 3.74. The number of nitrogens with one attached hydrogen (secondary N) is 1. The minimum Gasteiger partial charge on any atom is -0.475 e. The van der Waals surface area contributed by atoms with E-state index in [1.54, 1.807) is 18.7 Å². The van der Waals surface area contributed by atoms with E-state index in [4.69, 9.17) is 29.0 Å². The van der Waals surface area contributed by atoms with Gasteiger partial charge >= 0.3 is 24.3 Å². The van der Waals surface area contributed by atoms with E-state index in [9.17, 15) is 26.3 Å². The second kappa shape index (κ2) is 12.7. The molecule has 2 aliphatic rings. The molecule has 16 heteroatoms. The third-order valence-electron chi connectivity index (χ3n) is 5.20. The maximum Gasteiger partial charge on any atom is 0.490 e. The van der Waals surface area contributed by atoms with Crippen molar-refractivity contribution < 1.29 is 55.3 Å². The molecule has 0 radical (unpaired) electrons. The number of hydrogen-bond donors (Lipinski definition) is 3. The van der Waals surface area contributed by atoms with Gasteiger partial charge in [0.05, 0.1) is 30.8 Å². The molecule has 2 aromatic heterocycles. The summed E-state index contributed by atoms with van der Waals surface area (Å²) < 4.78 is 74.9. The molecule has 4 rings (SSSR count). The van der Waals surface area contributed by atoms with Gasteiger partial charge in [-0.25, -0.2) is 19.6 Å². The van der Waals surface area contributed by atoms with Gasteiger partial charge in [0.25, 0.3) is 0 Å². The van der Waals surface area contributed by atoms with Crippen LogP contribution in [-0.4, -0.2) is 80.7 Å². The molecule has 2 fully saturated rings. The number of nitrogens with zero attached hydrogens (tertiary/aromatic N) is 3. The Kier molecular flexibility index (Phi) is 10.2. The fourth-order valence-electron chi connectivity index (χ4n) is 3.74. The fraction of sp³-hybridized carbons (Fsp3) is 0.524. The van der Waals surface area contributed by atoms with E-state index in [-0.39, 0.29) is 11.6 Å². The van der Waals surface area contributed by atoms with Crippen molar-refractivity contribution in [1.29, 1.82) is 0 Å². The monoisotopic (exact) mass is 542 g/mol. The van der Waals surface area contributed by atoms with Gasteiger partial charge in [0.1, 0.15) is 0 Å². The standard InChI is InChI=1S/C17H22N4O2.2C2HF3O2/c1-4-17(13-21(7-1)10-14-3-8-22-11-14)9-15(12-23-17)20-16-18-5-2-6-19-16;2*3-2(4,5)1(6)7/h2-3,5-6,8,11,15H,1,4,7,9-10,12-13H2,(H,18,19,20);2*(H,6,7). The maximum atomic E-state index is 10.6. The van der Waals surface area contributed by atoms with Gasteiger partial charge in [-0.15, -0.1) is 0 Å². The van der Waals surface area contributed by atoms with Crippen LogP contribution in [0.3, 0.4) is 0 Å². The van der Waals surface area contributed by atoms with Crippen molar-refractivity contribution in [2.24, 2.45) is 0 Å². The van der Waals surface area contributed by atoms with E-state index in [2.05, 4.69) is 20.2 Å². The van der Waals surface area contributed by atoms with E-state index in [1.165, 1.54) is 12.0 Å². The van der Waals surface area contributed by atoms with Crippen LogP contribution >= 0.6 is 0 Å². The minimum atomic E-state index is -5.08. The number of hydrogen-bond acceptors (Lipinski definition) is 8. The molecular formula is C21H24F6N4O6. The molecule has 2 unspecified atom stereocenters. The zero-order valence-corrected chi connectivity index (χ0v) is 19.1. The molecule has 0 aromatic carbocycles. The van der Waals surface area contributed by atoms with Crippen LogP contribution in [0.4, 0.5) is 32.3 Å². The number of rotatable bonds is 4. The summed E-state index contributed by atoms with van der Waals surface area (Å²) in [6.07, 6.45) is 0.222. The van der Waals surface area contributed by atoms with Crippen LogP contribution in [0.1, 0.15) is 24.8 Å². The van der Waals surface area contributed by atoms with Crippen molar-refractivity contribution in [3.8, 4) is 0 Å². The van der Waals surface area contributed by atoms with Gasteiger partial charge < -0.3 is 24.7 Å². The van der Waals surface area contributed by atoms with Gasteiger partial charge in [-0.05, 0) is 31.5 Å². The first-order valence-electron chi connectivity index (χ1n) is 10.7. The van der Waals surface area contributed by atoms with Gasteiger partial charge in [-0.3, -0.25) is 4.90 Å². The summed E-state index contributed by atoms with van der Waals surface area (Å²) in [4.78, 5) is 28.7. The molecule has 2 aromatic rings. The summed E-state index contributed by atoms with van der Waals surface area (Å²) in [7, 11) is 0. The lowest BCUT2D eigenvalue weighted by molar-refractivity contribution is -0.193. The average Bonchev–Trinajstić information content (AvgIpc) is 3.44. The van der Waals surface area contributed by atoms with Crippen LogP contribution in [0.25, 0.3) is 0 Å². The summed E-state index contributed by atoms with van der Waals surface area (Å²) in [5, 5.41) is 17.6.